The Bertz CT molecular complexity index is 1090. The Labute approximate surface area is 186 Å². The summed E-state index contributed by atoms with van der Waals surface area (Å²) in [6.45, 7) is 12.3. The lowest BCUT2D eigenvalue weighted by atomic mass is 9.96. The van der Waals surface area contributed by atoms with Crippen molar-refractivity contribution >= 4 is 15.9 Å². The van der Waals surface area contributed by atoms with Gasteiger partial charge in [0.1, 0.15) is 0 Å². The van der Waals surface area contributed by atoms with E-state index in [2.05, 4.69) is 36.2 Å². The summed E-state index contributed by atoms with van der Waals surface area (Å²) >= 11 is 0. The second-order valence-corrected chi connectivity index (χ2v) is 10.6. The molecular formula is C24H33N3O3S. The maximum absolute atomic E-state index is 13.1. The molecule has 6 nitrogen and oxygen atoms in total. The lowest BCUT2D eigenvalue weighted by molar-refractivity contribution is 0.0939. The van der Waals surface area contributed by atoms with E-state index < -0.39 is 10.0 Å². The molecule has 1 fully saturated rings. The van der Waals surface area contributed by atoms with Gasteiger partial charge in [-0.2, -0.15) is 4.31 Å². The summed E-state index contributed by atoms with van der Waals surface area (Å²) in [5.74, 6) is -0.266. The van der Waals surface area contributed by atoms with Crippen molar-refractivity contribution in [1.29, 1.82) is 0 Å². The predicted octanol–water partition coefficient (Wildman–Crippen LogP) is 3.35. The number of nitrogens with one attached hydrogen (secondary N) is 1. The summed E-state index contributed by atoms with van der Waals surface area (Å²) in [5, 5.41) is 3.05. The fourth-order valence-corrected chi connectivity index (χ4v) is 5.43. The number of nitrogens with zero attached hydrogens (tertiary/aromatic N) is 2. The molecule has 1 aliphatic heterocycles. The number of carbonyl (C=O) groups excluding carboxylic acids is 1. The van der Waals surface area contributed by atoms with Crippen LogP contribution < -0.4 is 5.32 Å². The number of hydrogen-bond donors (Lipinski definition) is 1. The second kappa shape index (κ2) is 9.10. The molecule has 3 rings (SSSR count). The number of sulfonamides is 1. The molecule has 7 heteroatoms. The van der Waals surface area contributed by atoms with Crippen molar-refractivity contribution in [3.8, 4) is 0 Å². The van der Waals surface area contributed by atoms with E-state index in [4.69, 9.17) is 0 Å². The minimum absolute atomic E-state index is 0.169. The van der Waals surface area contributed by atoms with Crippen LogP contribution in [0, 0.1) is 27.7 Å². The van der Waals surface area contributed by atoms with Gasteiger partial charge in [0.05, 0.1) is 10.9 Å². The van der Waals surface area contributed by atoms with Crippen molar-refractivity contribution in [2.24, 2.45) is 0 Å². The second-order valence-electron chi connectivity index (χ2n) is 8.67. The third kappa shape index (κ3) is 5.00. The molecule has 0 saturated carbocycles. The number of hydrogen-bond acceptors (Lipinski definition) is 4. The molecule has 2 aromatic carbocycles. The molecule has 1 saturated heterocycles. The standard InChI is InChI=1S/C24H33N3O3S/c1-16-7-8-21(31(29,30)27-11-9-26(6)10-12-27)15-23(16)24(28)25-20(5)22-14-18(3)17(2)13-19(22)4/h7-8,13-15,20H,9-12H2,1-6H3,(H,25,28)/t20-/m1/s1. The fraction of sp³-hybridized carbons (Fsp3) is 0.458. The van der Waals surface area contributed by atoms with Crippen LogP contribution in [0.4, 0.5) is 0 Å². The van der Waals surface area contributed by atoms with E-state index in [1.54, 1.807) is 12.1 Å². The van der Waals surface area contributed by atoms with Crippen molar-refractivity contribution in [2.45, 2.75) is 45.6 Å². The first-order valence-corrected chi connectivity index (χ1v) is 12.1. The van der Waals surface area contributed by atoms with E-state index >= 15 is 0 Å². The minimum Gasteiger partial charge on any atom is -0.345 e. The smallest absolute Gasteiger partial charge is 0.252 e. The monoisotopic (exact) mass is 443 g/mol. The zero-order valence-electron chi connectivity index (χ0n) is 19.3. The van der Waals surface area contributed by atoms with Gasteiger partial charge < -0.3 is 10.2 Å². The maximum atomic E-state index is 13.1. The van der Waals surface area contributed by atoms with Crippen LogP contribution in [0.25, 0.3) is 0 Å². The molecule has 1 amide bonds. The number of rotatable bonds is 5. The lowest BCUT2D eigenvalue weighted by Gasteiger charge is -2.31. The summed E-state index contributed by atoms with van der Waals surface area (Å²) < 4.78 is 27.7. The molecule has 1 heterocycles. The van der Waals surface area contributed by atoms with Crippen LogP contribution in [0.15, 0.2) is 35.2 Å². The Hall–Kier alpha value is -2.22. The van der Waals surface area contributed by atoms with Gasteiger partial charge in [0.2, 0.25) is 10.0 Å². The molecule has 1 aliphatic rings. The highest BCUT2D eigenvalue weighted by molar-refractivity contribution is 7.89. The lowest BCUT2D eigenvalue weighted by Crippen LogP contribution is -2.47. The topological polar surface area (TPSA) is 69.7 Å². The van der Waals surface area contributed by atoms with Crippen LogP contribution in [-0.2, 0) is 10.0 Å². The van der Waals surface area contributed by atoms with E-state index in [9.17, 15) is 13.2 Å². The average Bonchev–Trinajstić information content (AvgIpc) is 2.71. The summed E-state index contributed by atoms with van der Waals surface area (Å²) in [5.41, 5.74) is 5.73. The van der Waals surface area contributed by atoms with E-state index in [1.807, 2.05) is 27.8 Å². The van der Waals surface area contributed by atoms with Gasteiger partial charge in [0, 0.05) is 31.7 Å². The third-order valence-electron chi connectivity index (χ3n) is 6.25. The van der Waals surface area contributed by atoms with Crippen LogP contribution in [0.1, 0.15) is 51.1 Å². The first-order chi connectivity index (χ1) is 14.5. The number of piperazine rings is 1. The molecule has 0 bridgehead atoms. The Balaban J connectivity index is 1.84. The summed E-state index contributed by atoms with van der Waals surface area (Å²) in [6, 6.07) is 8.86. The Morgan fingerprint density at radius 2 is 1.52 bits per heavy atom. The summed E-state index contributed by atoms with van der Waals surface area (Å²) in [7, 11) is -1.65. The SMILES string of the molecule is Cc1cc(C)c([C@@H](C)NC(=O)c2cc(S(=O)(=O)N3CCN(C)CC3)ccc2C)cc1C. The number of likely N-dealkylation sites (N-methyl/N-ethyl adjacent to an activating group) is 1. The van der Waals surface area contributed by atoms with Gasteiger partial charge in [-0.05, 0) is 81.6 Å². The molecule has 0 spiro atoms. The first kappa shape index (κ1) is 23.4. The van der Waals surface area contributed by atoms with E-state index in [0.717, 1.165) is 16.7 Å². The van der Waals surface area contributed by atoms with Gasteiger partial charge in [-0.25, -0.2) is 8.42 Å². The van der Waals surface area contributed by atoms with Gasteiger partial charge >= 0.3 is 0 Å². The molecule has 31 heavy (non-hydrogen) atoms. The highest BCUT2D eigenvalue weighted by Crippen LogP contribution is 2.24. The number of aryl methyl sites for hydroxylation is 4. The Morgan fingerprint density at radius 1 is 0.903 bits per heavy atom. The van der Waals surface area contributed by atoms with E-state index in [-0.39, 0.29) is 16.8 Å². The largest absolute Gasteiger partial charge is 0.345 e. The highest BCUT2D eigenvalue weighted by atomic mass is 32.2. The Kier molecular flexibility index (Phi) is 6.88. The van der Waals surface area contributed by atoms with Crippen molar-refractivity contribution in [2.75, 3.05) is 33.2 Å². The first-order valence-electron chi connectivity index (χ1n) is 10.7. The molecular weight excluding hydrogens is 410 g/mol. The van der Waals surface area contributed by atoms with Crippen LogP contribution in [-0.4, -0.2) is 56.8 Å². The van der Waals surface area contributed by atoms with Crippen molar-refractivity contribution in [3.05, 3.63) is 63.7 Å². The minimum atomic E-state index is -3.63. The van der Waals surface area contributed by atoms with Crippen LogP contribution >= 0.6 is 0 Å². The highest BCUT2D eigenvalue weighted by Gasteiger charge is 2.28. The van der Waals surface area contributed by atoms with Crippen molar-refractivity contribution in [1.82, 2.24) is 14.5 Å². The van der Waals surface area contributed by atoms with Gasteiger partial charge in [-0.15, -0.1) is 0 Å². The Morgan fingerprint density at radius 3 is 2.16 bits per heavy atom. The van der Waals surface area contributed by atoms with Crippen molar-refractivity contribution < 1.29 is 13.2 Å². The molecule has 0 aliphatic carbocycles. The van der Waals surface area contributed by atoms with Crippen LogP contribution in [0.3, 0.4) is 0 Å². The number of carbonyl (C=O) groups is 1. The van der Waals surface area contributed by atoms with Crippen LogP contribution in [0.5, 0.6) is 0 Å². The van der Waals surface area contributed by atoms with Gasteiger partial charge in [0.25, 0.3) is 5.91 Å². The quantitative estimate of drug-likeness (QED) is 0.769. The molecule has 1 N–H and O–H groups in total. The fourth-order valence-electron chi connectivity index (χ4n) is 3.99. The van der Waals surface area contributed by atoms with Crippen LogP contribution in [0.2, 0.25) is 0 Å². The molecule has 2 aromatic rings. The van der Waals surface area contributed by atoms with E-state index in [0.29, 0.717) is 31.7 Å². The normalized spacial score (nSPS) is 16.8. The third-order valence-corrected chi connectivity index (χ3v) is 8.14. The molecule has 1 atom stereocenters. The van der Waals surface area contributed by atoms with Gasteiger partial charge in [0.15, 0.2) is 0 Å². The van der Waals surface area contributed by atoms with Gasteiger partial charge in [-0.1, -0.05) is 18.2 Å². The summed E-state index contributed by atoms with van der Waals surface area (Å²) in [6.07, 6.45) is 0. The predicted molar refractivity (Wildman–Crippen MR) is 124 cm³/mol. The van der Waals surface area contributed by atoms with Crippen molar-refractivity contribution in [3.63, 3.8) is 0 Å². The molecule has 0 radical (unpaired) electrons. The molecule has 168 valence electrons. The number of benzene rings is 2. The zero-order chi connectivity index (χ0) is 22.9. The zero-order valence-corrected chi connectivity index (χ0v) is 20.1. The average molecular weight is 444 g/mol. The number of amides is 1. The van der Waals surface area contributed by atoms with E-state index in [1.165, 1.54) is 21.5 Å². The molecule has 0 unspecified atom stereocenters. The summed E-state index contributed by atoms with van der Waals surface area (Å²) in [4.78, 5) is 15.4. The maximum Gasteiger partial charge on any atom is 0.252 e. The van der Waals surface area contributed by atoms with Gasteiger partial charge in [-0.3, -0.25) is 4.79 Å². The molecule has 0 aromatic heterocycles.